The first kappa shape index (κ1) is 14.1. The number of fused-ring (bicyclic) bond motifs is 1. The van der Waals surface area contributed by atoms with Crippen molar-refractivity contribution in [1.82, 2.24) is 4.57 Å². The standard InChI is InChI=1S/C15H21NO3/c1-18-8-4-9-19-10-7-16-11-13(12-17)14-5-2-3-6-15(14)16/h2-3,5-6,11,17H,4,7-10,12H2,1H3. The molecule has 0 aliphatic rings. The molecule has 0 bridgehead atoms. The predicted molar refractivity (Wildman–Crippen MR) is 75.2 cm³/mol. The van der Waals surface area contributed by atoms with Gasteiger partial charge in [0.25, 0.3) is 0 Å². The lowest BCUT2D eigenvalue weighted by Crippen LogP contribution is -2.07. The van der Waals surface area contributed by atoms with Crippen LogP contribution < -0.4 is 0 Å². The third-order valence-electron chi connectivity index (χ3n) is 3.16. The van der Waals surface area contributed by atoms with Gasteiger partial charge in [-0.1, -0.05) is 18.2 Å². The topological polar surface area (TPSA) is 43.6 Å². The fourth-order valence-electron chi connectivity index (χ4n) is 2.20. The van der Waals surface area contributed by atoms with Crippen LogP contribution in [0.1, 0.15) is 12.0 Å². The molecule has 2 aromatic rings. The molecule has 19 heavy (non-hydrogen) atoms. The molecule has 2 rings (SSSR count). The number of nitrogens with zero attached hydrogens (tertiary/aromatic N) is 1. The second-order valence-electron chi connectivity index (χ2n) is 4.48. The van der Waals surface area contributed by atoms with Gasteiger partial charge in [-0.2, -0.15) is 0 Å². The Morgan fingerprint density at radius 2 is 2.00 bits per heavy atom. The van der Waals surface area contributed by atoms with Crippen molar-refractivity contribution in [3.05, 3.63) is 36.0 Å². The first-order valence-corrected chi connectivity index (χ1v) is 6.61. The maximum absolute atomic E-state index is 9.36. The molecule has 0 aliphatic heterocycles. The zero-order valence-corrected chi connectivity index (χ0v) is 11.3. The Balaban J connectivity index is 1.93. The highest BCUT2D eigenvalue weighted by molar-refractivity contribution is 5.83. The van der Waals surface area contributed by atoms with Gasteiger partial charge in [0.2, 0.25) is 0 Å². The molecule has 1 aromatic carbocycles. The van der Waals surface area contributed by atoms with Crippen LogP contribution in [0.25, 0.3) is 10.9 Å². The van der Waals surface area contributed by atoms with Crippen LogP contribution in [0.15, 0.2) is 30.5 Å². The van der Waals surface area contributed by atoms with Crippen molar-refractivity contribution in [3.63, 3.8) is 0 Å². The fourth-order valence-corrected chi connectivity index (χ4v) is 2.20. The molecule has 0 atom stereocenters. The molecule has 4 nitrogen and oxygen atoms in total. The number of methoxy groups -OCH3 is 1. The number of ether oxygens (including phenoxy) is 2. The first-order chi connectivity index (χ1) is 9.36. The Hall–Kier alpha value is -1.36. The van der Waals surface area contributed by atoms with Crippen molar-refractivity contribution in [2.75, 3.05) is 26.9 Å². The molecule has 0 saturated heterocycles. The van der Waals surface area contributed by atoms with Crippen LogP contribution in [-0.4, -0.2) is 36.6 Å². The maximum Gasteiger partial charge on any atom is 0.0702 e. The third kappa shape index (κ3) is 3.56. The summed E-state index contributed by atoms with van der Waals surface area (Å²) in [5.41, 5.74) is 2.11. The van der Waals surface area contributed by atoms with E-state index in [-0.39, 0.29) is 6.61 Å². The van der Waals surface area contributed by atoms with E-state index in [0.717, 1.165) is 42.6 Å². The molecule has 1 heterocycles. The van der Waals surface area contributed by atoms with Crippen LogP contribution in [0.4, 0.5) is 0 Å². The zero-order chi connectivity index (χ0) is 13.5. The van der Waals surface area contributed by atoms with Gasteiger partial charge in [-0.05, 0) is 12.5 Å². The van der Waals surface area contributed by atoms with Gasteiger partial charge in [0, 0.05) is 49.5 Å². The van der Waals surface area contributed by atoms with Crippen molar-refractivity contribution >= 4 is 10.9 Å². The molecule has 0 saturated carbocycles. The highest BCUT2D eigenvalue weighted by Crippen LogP contribution is 2.21. The molecule has 104 valence electrons. The summed E-state index contributed by atoms with van der Waals surface area (Å²) < 4.78 is 12.7. The van der Waals surface area contributed by atoms with Crippen molar-refractivity contribution in [1.29, 1.82) is 0 Å². The van der Waals surface area contributed by atoms with Crippen molar-refractivity contribution in [2.24, 2.45) is 0 Å². The smallest absolute Gasteiger partial charge is 0.0702 e. The second kappa shape index (κ2) is 7.28. The fraction of sp³-hybridized carbons (Fsp3) is 0.467. The minimum Gasteiger partial charge on any atom is -0.392 e. The van der Waals surface area contributed by atoms with Crippen LogP contribution in [-0.2, 0) is 22.6 Å². The normalized spacial score (nSPS) is 11.3. The number of hydrogen-bond acceptors (Lipinski definition) is 3. The lowest BCUT2D eigenvalue weighted by Gasteiger charge is -2.06. The summed E-state index contributed by atoms with van der Waals surface area (Å²) in [7, 11) is 1.70. The van der Waals surface area contributed by atoms with Gasteiger partial charge < -0.3 is 19.1 Å². The van der Waals surface area contributed by atoms with E-state index in [1.54, 1.807) is 7.11 Å². The molecule has 0 amide bonds. The van der Waals surface area contributed by atoms with Crippen molar-refractivity contribution in [2.45, 2.75) is 19.6 Å². The van der Waals surface area contributed by atoms with E-state index in [4.69, 9.17) is 9.47 Å². The quantitative estimate of drug-likeness (QED) is 0.742. The maximum atomic E-state index is 9.36. The number of aliphatic hydroxyl groups is 1. The highest BCUT2D eigenvalue weighted by Gasteiger charge is 2.06. The van der Waals surface area contributed by atoms with Gasteiger partial charge in [0.05, 0.1) is 13.2 Å². The van der Waals surface area contributed by atoms with Gasteiger partial charge >= 0.3 is 0 Å². The molecule has 0 fully saturated rings. The van der Waals surface area contributed by atoms with Gasteiger partial charge in [0.15, 0.2) is 0 Å². The number of aromatic nitrogens is 1. The summed E-state index contributed by atoms with van der Waals surface area (Å²) in [4.78, 5) is 0. The lowest BCUT2D eigenvalue weighted by molar-refractivity contribution is 0.0982. The summed E-state index contributed by atoms with van der Waals surface area (Å²) >= 11 is 0. The predicted octanol–water partition coefficient (Wildman–Crippen LogP) is 2.19. The number of rotatable bonds is 8. The average molecular weight is 263 g/mol. The lowest BCUT2D eigenvalue weighted by atomic mass is 10.2. The van der Waals surface area contributed by atoms with Gasteiger partial charge in [0.1, 0.15) is 0 Å². The Labute approximate surface area is 113 Å². The Morgan fingerprint density at radius 1 is 1.16 bits per heavy atom. The SMILES string of the molecule is COCCCOCCn1cc(CO)c2ccccc21. The van der Waals surface area contributed by atoms with Gasteiger partial charge in [-0.25, -0.2) is 0 Å². The molecular weight excluding hydrogens is 242 g/mol. The van der Waals surface area contributed by atoms with Crippen LogP contribution in [0, 0.1) is 0 Å². The van der Waals surface area contributed by atoms with Crippen molar-refractivity contribution in [3.8, 4) is 0 Å². The molecule has 0 radical (unpaired) electrons. The van der Waals surface area contributed by atoms with Gasteiger partial charge in [-0.15, -0.1) is 0 Å². The first-order valence-electron chi connectivity index (χ1n) is 6.61. The van der Waals surface area contributed by atoms with Crippen LogP contribution in [0.2, 0.25) is 0 Å². The van der Waals surface area contributed by atoms with E-state index in [1.165, 1.54) is 0 Å². The number of hydrogen-bond donors (Lipinski definition) is 1. The monoisotopic (exact) mass is 263 g/mol. The van der Waals surface area contributed by atoms with E-state index in [9.17, 15) is 5.11 Å². The summed E-state index contributed by atoms with van der Waals surface area (Å²) in [5.74, 6) is 0. The van der Waals surface area contributed by atoms with E-state index in [2.05, 4.69) is 10.6 Å². The van der Waals surface area contributed by atoms with Crippen LogP contribution >= 0.6 is 0 Å². The Kier molecular flexibility index (Phi) is 5.39. The minimum absolute atomic E-state index is 0.0716. The number of para-hydroxylation sites is 1. The average Bonchev–Trinajstić information content (AvgIpc) is 2.81. The zero-order valence-electron chi connectivity index (χ0n) is 11.3. The molecule has 4 heteroatoms. The number of benzene rings is 1. The van der Waals surface area contributed by atoms with Crippen molar-refractivity contribution < 1.29 is 14.6 Å². The molecule has 1 aromatic heterocycles. The Morgan fingerprint density at radius 3 is 2.79 bits per heavy atom. The summed E-state index contributed by atoms with van der Waals surface area (Å²) in [6.45, 7) is 3.00. The molecule has 0 spiro atoms. The number of aliphatic hydroxyl groups excluding tert-OH is 1. The third-order valence-corrected chi connectivity index (χ3v) is 3.16. The second-order valence-corrected chi connectivity index (χ2v) is 4.48. The van der Waals surface area contributed by atoms with E-state index in [0.29, 0.717) is 6.61 Å². The van der Waals surface area contributed by atoms with Crippen LogP contribution in [0.3, 0.4) is 0 Å². The molecule has 1 N–H and O–H groups in total. The highest BCUT2D eigenvalue weighted by atomic mass is 16.5. The van der Waals surface area contributed by atoms with E-state index in [1.807, 2.05) is 24.4 Å². The largest absolute Gasteiger partial charge is 0.392 e. The van der Waals surface area contributed by atoms with E-state index < -0.39 is 0 Å². The summed E-state index contributed by atoms with van der Waals surface area (Å²) in [6.07, 6.45) is 2.92. The van der Waals surface area contributed by atoms with Crippen LogP contribution in [0.5, 0.6) is 0 Å². The molecule has 0 aliphatic carbocycles. The summed E-state index contributed by atoms with van der Waals surface area (Å²) in [6, 6.07) is 8.11. The Bertz CT molecular complexity index is 507. The minimum atomic E-state index is 0.0716. The van der Waals surface area contributed by atoms with E-state index >= 15 is 0 Å². The molecular formula is C15H21NO3. The summed E-state index contributed by atoms with van der Waals surface area (Å²) in [5, 5.41) is 10.5. The molecule has 0 unspecified atom stereocenters. The van der Waals surface area contributed by atoms with Gasteiger partial charge in [-0.3, -0.25) is 0 Å².